The Hall–Kier alpha value is -2.58. The molecule has 154 valence electrons. The average Bonchev–Trinajstić information content (AvgIpc) is 3.07. The van der Waals surface area contributed by atoms with E-state index in [1.165, 1.54) is 7.11 Å². The van der Waals surface area contributed by atoms with E-state index in [-0.39, 0.29) is 30.9 Å². The van der Waals surface area contributed by atoms with E-state index in [9.17, 15) is 19.8 Å². The minimum Gasteiger partial charge on any atom is -0.507 e. The van der Waals surface area contributed by atoms with Crippen molar-refractivity contribution in [3.05, 3.63) is 33.9 Å². The molecule has 2 rings (SSSR count). The van der Waals surface area contributed by atoms with E-state index in [2.05, 4.69) is 0 Å². The van der Waals surface area contributed by atoms with Crippen molar-refractivity contribution >= 4 is 11.9 Å². The largest absolute Gasteiger partial charge is 0.507 e. The summed E-state index contributed by atoms with van der Waals surface area (Å²) in [4.78, 5) is 23.6. The zero-order valence-corrected chi connectivity index (χ0v) is 16.3. The molecule has 3 N–H and O–H groups in total. The number of allylic oxidation sites excluding steroid dienone is 2. The second kappa shape index (κ2) is 9.57. The second-order valence-electron chi connectivity index (χ2n) is 6.69. The fraction of sp³-hybridized carbons (Fsp3) is 0.500. The summed E-state index contributed by atoms with van der Waals surface area (Å²) in [5.74, 6) is -0.651. The Morgan fingerprint density at radius 1 is 1.36 bits per heavy atom. The summed E-state index contributed by atoms with van der Waals surface area (Å²) < 4.78 is 15.3. The number of esters is 2. The van der Waals surface area contributed by atoms with Gasteiger partial charge in [-0.25, -0.2) is 4.79 Å². The average molecular weight is 394 g/mol. The van der Waals surface area contributed by atoms with Crippen molar-refractivity contribution in [2.75, 3.05) is 20.3 Å². The molecule has 0 unspecified atom stereocenters. The molecule has 28 heavy (non-hydrogen) atoms. The number of fused-ring (bicyclic) bond motifs is 1. The molecule has 1 atom stereocenters. The maximum atomic E-state index is 11.9. The Labute approximate surface area is 163 Å². The van der Waals surface area contributed by atoms with Gasteiger partial charge < -0.3 is 29.5 Å². The van der Waals surface area contributed by atoms with E-state index in [0.717, 1.165) is 11.1 Å². The second-order valence-corrected chi connectivity index (χ2v) is 6.69. The zero-order valence-electron chi connectivity index (χ0n) is 16.3. The van der Waals surface area contributed by atoms with Gasteiger partial charge in [-0.3, -0.25) is 4.79 Å². The SMILES string of the molecule is COc1c(C)c2c(c(O)c1CC=C(C)CCC(=O)OC[C@@H](O)CO)C(=O)OC2. The smallest absolute Gasteiger partial charge is 0.342 e. The lowest BCUT2D eigenvalue weighted by Gasteiger charge is -2.15. The van der Waals surface area contributed by atoms with Crippen LogP contribution in [0.25, 0.3) is 0 Å². The minimum atomic E-state index is -1.08. The zero-order chi connectivity index (χ0) is 20.8. The molecule has 8 nitrogen and oxygen atoms in total. The number of methoxy groups -OCH3 is 1. The first-order chi connectivity index (χ1) is 13.3. The maximum Gasteiger partial charge on any atom is 0.342 e. The summed E-state index contributed by atoms with van der Waals surface area (Å²) in [6.07, 6.45) is 1.65. The molecule has 0 bridgehead atoms. The molecule has 0 aromatic heterocycles. The van der Waals surface area contributed by atoms with E-state index in [4.69, 9.17) is 19.3 Å². The minimum absolute atomic E-state index is 0.117. The normalized spacial score (nSPS) is 14.5. The summed E-state index contributed by atoms with van der Waals surface area (Å²) in [6.45, 7) is 3.06. The Bertz CT molecular complexity index is 781. The van der Waals surface area contributed by atoms with Gasteiger partial charge in [0, 0.05) is 17.5 Å². The number of aliphatic hydroxyl groups excluding tert-OH is 2. The van der Waals surface area contributed by atoms with Crippen LogP contribution in [0.1, 0.15) is 46.8 Å². The topological polar surface area (TPSA) is 123 Å². The molecule has 8 heteroatoms. The summed E-state index contributed by atoms with van der Waals surface area (Å²) in [5, 5.41) is 28.4. The van der Waals surface area contributed by atoms with Gasteiger partial charge in [-0.1, -0.05) is 11.6 Å². The summed E-state index contributed by atoms with van der Waals surface area (Å²) in [6, 6.07) is 0. The van der Waals surface area contributed by atoms with Crippen molar-refractivity contribution in [2.45, 2.75) is 45.8 Å². The first-order valence-electron chi connectivity index (χ1n) is 8.98. The van der Waals surface area contributed by atoms with Gasteiger partial charge in [0.2, 0.25) is 0 Å². The van der Waals surface area contributed by atoms with Gasteiger partial charge in [0.15, 0.2) is 0 Å². The van der Waals surface area contributed by atoms with Gasteiger partial charge in [0.25, 0.3) is 0 Å². The third-order valence-electron chi connectivity index (χ3n) is 4.67. The van der Waals surface area contributed by atoms with Gasteiger partial charge in [0.05, 0.1) is 13.7 Å². The number of aliphatic hydroxyl groups is 2. The first kappa shape index (κ1) is 21.7. The molecule has 0 aliphatic carbocycles. The van der Waals surface area contributed by atoms with E-state index in [1.54, 1.807) is 0 Å². The molecule has 0 saturated carbocycles. The van der Waals surface area contributed by atoms with E-state index in [1.807, 2.05) is 19.9 Å². The maximum absolute atomic E-state index is 11.9. The third-order valence-corrected chi connectivity index (χ3v) is 4.67. The van der Waals surface area contributed by atoms with Crippen LogP contribution in [0.4, 0.5) is 0 Å². The number of cyclic esters (lactones) is 1. The molecule has 1 aromatic rings. The number of phenolic OH excluding ortho intramolecular Hbond substituents is 1. The van der Waals surface area contributed by atoms with Crippen LogP contribution in [0.5, 0.6) is 11.5 Å². The van der Waals surface area contributed by atoms with Crippen LogP contribution in [-0.2, 0) is 27.3 Å². The highest BCUT2D eigenvalue weighted by atomic mass is 16.5. The number of benzene rings is 1. The number of carbonyl (C=O) groups is 2. The quantitative estimate of drug-likeness (QED) is 0.426. The molecule has 1 aliphatic heterocycles. The van der Waals surface area contributed by atoms with E-state index in [0.29, 0.717) is 29.7 Å². The van der Waals surface area contributed by atoms with Crippen molar-refractivity contribution in [3.8, 4) is 11.5 Å². The lowest BCUT2D eigenvalue weighted by atomic mass is 9.94. The number of aromatic hydroxyl groups is 1. The van der Waals surface area contributed by atoms with Crippen molar-refractivity contribution in [3.63, 3.8) is 0 Å². The van der Waals surface area contributed by atoms with Crippen LogP contribution < -0.4 is 4.74 Å². The monoisotopic (exact) mass is 394 g/mol. The summed E-state index contributed by atoms with van der Waals surface area (Å²) >= 11 is 0. The molecule has 1 aromatic carbocycles. The molecular weight excluding hydrogens is 368 g/mol. The van der Waals surface area contributed by atoms with Crippen molar-refractivity contribution < 1.29 is 39.1 Å². The van der Waals surface area contributed by atoms with Crippen LogP contribution in [0.2, 0.25) is 0 Å². The van der Waals surface area contributed by atoms with Crippen molar-refractivity contribution in [2.24, 2.45) is 0 Å². The predicted octanol–water partition coefficient (Wildman–Crippen LogP) is 1.55. The number of ether oxygens (including phenoxy) is 3. The van der Waals surface area contributed by atoms with Gasteiger partial charge in [-0.2, -0.15) is 0 Å². The highest BCUT2D eigenvalue weighted by Crippen LogP contribution is 2.42. The molecule has 0 radical (unpaired) electrons. The predicted molar refractivity (Wildman–Crippen MR) is 99.3 cm³/mol. The Balaban J connectivity index is 2.07. The first-order valence-corrected chi connectivity index (χ1v) is 8.98. The van der Waals surface area contributed by atoms with E-state index < -0.39 is 24.6 Å². The van der Waals surface area contributed by atoms with Gasteiger partial charge in [0.1, 0.15) is 36.4 Å². The molecule has 0 fully saturated rings. The van der Waals surface area contributed by atoms with Crippen molar-refractivity contribution in [1.29, 1.82) is 0 Å². The molecular formula is C20H26O8. The van der Waals surface area contributed by atoms with Crippen LogP contribution in [0, 0.1) is 6.92 Å². The van der Waals surface area contributed by atoms with Gasteiger partial charge in [-0.15, -0.1) is 0 Å². The molecule has 0 saturated heterocycles. The fourth-order valence-electron chi connectivity index (χ4n) is 3.02. The van der Waals surface area contributed by atoms with Crippen LogP contribution in [-0.4, -0.2) is 53.7 Å². The van der Waals surface area contributed by atoms with Gasteiger partial charge >= 0.3 is 11.9 Å². The Morgan fingerprint density at radius 3 is 2.71 bits per heavy atom. The van der Waals surface area contributed by atoms with Gasteiger partial charge in [-0.05, 0) is 32.3 Å². The highest BCUT2D eigenvalue weighted by molar-refractivity contribution is 5.98. The Morgan fingerprint density at radius 2 is 2.07 bits per heavy atom. The fourth-order valence-corrected chi connectivity index (χ4v) is 3.02. The lowest BCUT2D eigenvalue weighted by molar-refractivity contribution is -0.147. The van der Waals surface area contributed by atoms with Crippen LogP contribution in [0.3, 0.4) is 0 Å². The molecule has 0 amide bonds. The lowest BCUT2D eigenvalue weighted by Crippen LogP contribution is -2.21. The number of rotatable bonds is 9. The highest BCUT2D eigenvalue weighted by Gasteiger charge is 2.31. The van der Waals surface area contributed by atoms with Crippen LogP contribution >= 0.6 is 0 Å². The number of hydrogen-bond acceptors (Lipinski definition) is 8. The molecule has 1 aliphatic rings. The van der Waals surface area contributed by atoms with E-state index >= 15 is 0 Å². The summed E-state index contributed by atoms with van der Waals surface area (Å²) in [5.41, 5.74) is 2.96. The Kier molecular flexibility index (Phi) is 7.42. The van der Waals surface area contributed by atoms with Crippen LogP contribution in [0.15, 0.2) is 11.6 Å². The van der Waals surface area contributed by atoms with Crippen molar-refractivity contribution in [1.82, 2.24) is 0 Å². The number of carbonyl (C=O) groups excluding carboxylic acids is 2. The third kappa shape index (κ3) is 4.82. The molecule has 1 heterocycles. The number of hydrogen-bond donors (Lipinski definition) is 3. The number of phenols is 1. The molecule has 0 spiro atoms. The summed E-state index contributed by atoms with van der Waals surface area (Å²) in [7, 11) is 1.50. The standard InChI is InChI=1S/C20H26O8/c1-11(5-7-16(23)27-9-13(22)8-21)4-6-14-18(24)17-15(10-28-20(17)25)12(2)19(14)26-3/h4,13,21-22,24H,5-10H2,1-3H3/t13-/m0/s1.